The van der Waals surface area contributed by atoms with Crippen molar-refractivity contribution in [2.45, 2.75) is 31.1 Å². The Bertz CT molecular complexity index is 228. The van der Waals surface area contributed by atoms with Crippen molar-refractivity contribution in [3.8, 4) is 0 Å². The van der Waals surface area contributed by atoms with Crippen LogP contribution in [0.1, 0.15) is 12.8 Å². The summed E-state index contributed by atoms with van der Waals surface area (Å²) in [6, 6.07) is -2.57. The number of alkyl halides is 3. The molecule has 3 nitrogen and oxygen atoms in total. The van der Waals surface area contributed by atoms with Gasteiger partial charge in [0.1, 0.15) is 0 Å². The summed E-state index contributed by atoms with van der Waals surface area (Å²) in [6.45, 7) is 0. The fourth-order valence-corrected chi connectivity index (χ4v) is 2.39. The summed E-state index contributed by atoms with van der Waals surface area (Å²) in [5.41, 5.74) is 4.77. The summed E-state index contributed by atoms with van der Waals surface area (Å²) < 4.78 is 36.2. The molecule has 0 aromatic rings. The first-order chi connectivity index (χ1) is 6.91. The van der Waals surface area contributed by atoms with Gasteiger partial charge >= 0.3 is 6.18 Å². The molecule has 3 N–H and O–H groups in total. The molecule has 0 bridgehead atoms. The van der Waals surface area contributed by atoms with E-state index in [-0.39, 0.29) is 6.04 Å². The highest BCUT2D eigenvalue weighted by molar-refractivity contribution is 7.99. The first-order valence-corrected chi connectivity index (χ1v) is 5.77. The van der Waals surface area contributed by atoms with Crippen LogP contribution in [-0.2, 0) is 4.79 Å². The van der Waals surface area contributed by atoms with Crippen molar-refractivity contribution < 1.29 is 18.0 Å². The van der Waals surface area contributed by atoms with Gasteiger partial charge in [-0.05, 0) is 24.3 Å². The molecule has 1 unspecified atom stereocenters. The minimum absolute atomic E-state index is 0.160. The second-order valence-corrected chi connectivity index (χ2v) is 4.64. The van der Waals surface area contributed by atoms with Crippen LogP contribution in [0.25, 0.3) is 0 Å². The number of thioether (sulfide) groups is 1. The highest BCUT2D eigenvalue weighted by Crippen LogP contribution is 2.20. The Morgan fingerprint density at radius 3 is 2.40 bits per heavy atom. The van der Waals surface area contributed by atoms with Gasteiger partial charge in [-0.3, -0.25) is 4.79 Å². The highest BCUT2D eigenvalue weighted by atomic mass is 32.2. The van der Waals surface area contributed by atoms with Crippen LogP contribution < -0.4 is 11.1 Å². The Hall–Kier alpha value is -0.430. The lowest BCUT2D eigenvalue weighted by Crippen LogP contribution is -2.53. The summed E-state index contributed by atoms with van der Waals surface area (Å²) in [4.78, 5) is 11.1. The van der Waals surface area contributed by atoms with E-state index in [1.807, 2.05) is 0 Å². The maximum Gasteiger partial charge on any atom is 0.412 e. The molecule has 0 saturated carbocycles. The lowest BCUT2D eigenvalue weighted by molar-refractivity contribution is -0.163. The molecular weight excluding hydrogens is 229 g/mol. The molecule has 0 aromatic carbocycles. The van der Waals surface area contributed by atoms with Crippen molar-refractivity contribution >= 4 is 17.7 Å². The standard InChI is InChI=1S/C8H13F3N2OS/c9-8(10,11)6(12)7(14)13-5-1-3-15-4-2-5/h5-6H,1-4,12H2,(H,13,14). The number of rotatable bonds is 2. The van der Waals surface area contributed by atoms with Crippen molar-refractivity contribution in [1.29, 1.82) is 0 Å². The minimum atomic E-state index is -4.66. The average Bonchev–Trinajstić information content (AvgIpc) is 2.16. The largest absolute Gasteiger partial charge is 0.412 e. The number of carbonyl (C=O) groups excluding carboxylic acids is 1. The Morgan fingerprint density at radius 1 is 1.40 bits per heavy atom. The van der Waals surface area contributed by atoms with Gasteiger partial charge in [0.05, 0.1) is 0 Å². The van der Waals surface area contributed by atoms with E-state index >= 15 is 0 Å². The Morgan fingerprint density at radius 2 is 1.93 bits per heavy atom. The zero-order valence-electron chi connectivity index (χ0n) is 8.01. The van der Waals surface area contributed by atoms with Crippen LogP contribution in [0.15, 0.2) is 0 Å². The number of amides is 1. The summed E-state index contributed by atoms with van der Waals surface area (Å²) in [5, 5.41) is 2.33. The molecule has 88 valence electrons. The van der Waals surface area contributed by atoms with Crippen molar-refractivity contribution in [2.75, 3.05) is 11.5 Å². The van der Waals surface area contributed by atoms with E-state index in [1.165, 1.54) is 0 Å². The van der Waals surface area contributed by atoms with Gasteiger partial charge < -0.3 is 11.1 Å². The molecule has 1 aliphatic heterocycles. The van der Waals surface area contributed by atoms with Crippen LogP contribution in [0.5, 0.6) is 0 Å². The minimum Gasteiger partial charge on any atom is -0.352 e. The molecule has 0 spiro atoms. The van der Waals surface area contributed by atoms with E-state index < -0.39 is 18.1 Å². The molecule has 7 heteroatoms. The molecular formula is C8H13F3N2OS. The fourth-order valence-electron chi connectivity index (χ4n) is 1.28. The van der Waals surface area contributed by atoms with Crippen LogP contribution in [-0.4, -0.2) is 35.7 Å². The van der Waals surface area contributed by atoms with Crippen molar-refractivity contribution in [3.63, 3.8) is 0 Å². The third-order valence-corrected chi connectivity index (χ3v) is 3.25. The molecule has 1 fully saturated rings. The first kappa shape index (κ1) is 12.6. The third kappa shape index (κ3) is 3.90. The van der Waals surface area contributed by atoms with Crippen molar-refractivity contribution in [2.24, 2.45) is 5.73 Å². The van der Waals surface area contributed by atoms with Gasteiger partial charge in [-0.1, -0.05) is 0 Å². The Labute approximate surface area is 90.0 Å². The van der Waals surface area contributed by atoms with Gasteiger partial charge in [0.2, 0.25) is 5.91 Å². The normalized spacial score (nSPS) is 21.1. The predicted molar refractivity (Wildman–Crippen MR) is 52.5 cm³/mol. The van der Waals surface area contributed by atoms with Gasteiger partial charge in [-0.2, -0.15) is 24.9 Å². The predicted octanol–water partition coefficient (Wildman–Crippen LogP) is 0.888. The van der Waals surface area contributed by atoms with Gasteiger partial charge in [0.15, 0.2) is 6.04 Å². The van der Waals surface area contributed by atoms with E-state index in [1.54, 1.807) is 11.8 Å². The quantitative estimate of drug-likeness (QED) is 0.756. The molecule has 1 amide bonds. The summed E-state index contributed by atoms with van der Waals surface area (Å²) in [5.74, 6) is 0.609. The monoisotopic (exact) mass is 242 g/mol. The zero-order chi connectivity index (χ0) is 11.5. The lowest BCUT2D eigenvalue weighted by atomic mass is 10.1. The fraction of sp³-hybridized carbons (Fsp3) is 0.875. The highest BCUT2D eigenvalue weighted by Gasteiger charge is 2.42. The molecule has 0 radical (unpaired) electrons. The van der Waals surface area contributed by atoms with E-state index in [2.05, 4.69) is 5.32 Å². The van der Waals surface area contributed by atoms with Crippen LogP contribution in [0.3, 0.4) is 0 Å². The third-order valence-electron chi connectivity index (χ3n) is 2.20. The Kier molecular flexibility index (Phi) is 4.27. The van der Waals surface area contributed by atoms with E-state index in [0.29, 0.717) is 12.8 Å². The smallest absolute Gasteiger partial charge is 0.352 e. The maximum absolute atomic E-state index is 12.1. The maximum atomic E-state index is 12.1. The van der Waals surface area contributed by atoms with E-state index in [0.717, 1.165) is 11.5 Å². The second-order valence-electron chi connectivity index (χ2n) is 3.41. The molecule has 1 saturated heterocycles. The summed E-state index contributed by atoms with van der Waals surface area (Å²) >= 11 is 1.73. The molecule has 1 atom stereocenters. The van der Waals surface area contributed by atoms with Gasteiger partial charge in [-0.15, -0.1) is 0 Å². The number of nitrogens with one attached hydrogen (secondary N) is 1. The van der Waals surface area contributed by atoms with Crippen LogP contribution >= 0.6 is 11.8 Å². The molecule has 1 rings (SSSR count). The van der Waals surface area contributed by atoms with Crippen LogP contribution in [0, 0.1) is 0 Å². The van der Waals surface area contributed by atoms with Crippen molar-refractivity contribution in [1.82, 2.24) is 5.32 Å². The van der Waals surface area contributed by atoms with Gasteiger partial charge in [0.25, 0.3) is 0 Å². The van der Waals surface area contributed by atoms with Crippen LogP contribution in [0.4, 0.5) is 13.2 Å². The summed E-state index contributed by atoms with van der Waals surface area (Å²) in [6.07, 6.45) is -3.24. The molecule has 1 heterocycles. The Balaban J connectivity index is 2.40. The number of nitrogens with two attached hydrogens (primary N) is 1. The number of carbonyl (C=O) groups is 1. The first-order valence-electron chi connectivity index (χ1n) is 4.61. The molecule has 15 heavy (non-hydrogen) atoms. The lowest BCUT2D eigenvalue weighted by Gasteiger charge is -2.24. The topological polar surface area (TPSA) is 55.1 Å². The average molecular weight is 242 g/mol. The zero-order valence-corrected chi connectivity index (χ0v) is 8.83. The molecule has 0 aliphatic carbocycles. The number of hydrogen-bond donors (Lipinski definition) is 2. The number of halogens is 3. The molecule has 0 aromatic heterocycles. The van der Waals surface area contributed by atoms with Crippen LogP contribution in [0.2, 0.25) is 0 Å². The van der Waals surface area contributed by atoms with Gasteiger partial charge in [-0.25, -0.2) is 0 Å². The van der Waals surface area contributed by atoms with Gasteiger partial charge in [0, 0.05) is 6.04 Å². The second kappa shape index (κ2) is 5.07. The SMILES string of the molecule is NC(C(=O)NC1CCSCC1)C(F)(F)F. The molecule has 1 aliphatic rings. The summed E-state index contributed by atoms with van der Waals surface area (Å²) in [7, 11) is 0. The van der Waals surface area contributed by atoms with E-state index in [4.69, 9.17) is 5.73 Å². The van der Waals surface area contributed by atoms with E-state index in [9.17, 15) is 18.0 Å². The number of hydrogen-bond acceptors (Lipinski definition) is 3. The van der Waals surface area contributed by atoms with Crippen molar-refractivity contribution in [3.05, 3.63) is 0 Å².